The fourth-order valence-corrected chi connectivity index (χ4v) is 7.55. The Labute approximate surface area is 175 Å². The number of hydrogen-bond donors (Lipinski definition) is 0. The maximum Gasteiger partial charge on any atom is 0.252 e. The van der Waals surface area contributed by atoms with E-state index in [1.807, 2.05) is 12.1 Å². The van der Waals surface area contributed by atoms with Gasteiger partial charge in [0.2, 0.25) is 10.0 Å². The van der Waals surface area contributed by atoms with Gasteiger partial charge in [-0.25, -0.2) is 16.8 Å². The molecule has 2 heterocycles. The van der Waals surface area contributed by atoms with E-state index in [9.17, 15) is 16.8 Å². The maximum atomic E-state index is 12.9. The second kappa shape index (κ2) is 8.41. The summed E-state index contributed by atoms with van der Waals surface area (Å²) in [5.41, 5.74) is 1.10. The lowest BCUT2D eigenvalue weighted by atomic mass is 9.99. The third-order valence-electron chi connectivity index (χ3n) is 5.04. The predicted molar refractivity (Wildman–Crippen MR) is 112 cm³/mol. The zero-order valence-electron chi connectivity index (χ0n) is 15.7. The van der Waals surface area contributed by atoms with Crippen LogP contribution in [0, 0.1) is 0 Å². The van der Waals surface area contributed by atoms with E-state index in [4.69, 9.17) is 11.6 Å². The molecule has 1 atom stereocenters. The SMILES string of the molecule is CCC(C)c1ccc(S(=O)(=O)N2CCN(S(=O)(=O)c3ccc(Cl)s3)CC2)cc1. The van der Waals surface area contributed by atoms with E-state index in [1.165, 1.54) is 14.7 Å². The molecular weight excluding hydrogens is 440 g/mol. The maximum absolute atomic E-state index is 12.9. The molecule has 154 valence electrons. The molecule has 6 nitrogen and oxygen atoms in total. The molecule has 1 aliphatic rings. The van der Waals surface area contributed by atoms with Crippen LogP contribution in [0.4, 0.5) is 0 Å². The van der Waals surface area contributed by atoms with Gasteiger partial charge in [0.05, 0.1) is 9.23 Å². The van der Waals surface area contributed by atoms with Gasteiger partial charge < -0.3 is 0 Å². The minimum atomic E-state index is -3.65. The van der Waals surface area contributed by atoms with Crippen molar-refractivity contribution in [3.8, 4) is 0 Å². The summed E-state index contributed by atoms with van der Waals surface area (Å²) in [5.74, 6) is 0.372. The molecule has 1 aromatic carbocycles. The number of thiophene rings is 1. The molecule has 1 aliphatic heterocycles. The van der Waals surface area contributed by atoms with Crippen LogP contribution in [0.25, 0.3) is 0 Å². The molecule has 10 heteroatoms. The lowest BCUT2D eigenvalue weighted by Gasteiger charge is -2.33. The van der Waals surface area contributed by atoms with Crippen LogP contribution in [-0.2, 0) is 20.0 Å². The molecule has 3 rings (SSSR count). The second-order valence-corrected chi connectivity index (χ2v) is 12.6. The van der Waals surface area contributed by atoms with Crippen molar-refractivity contribution in [1.29, 1.82) is 0 Å². The van der Waals surface area contributed by atoms with Gasteiger partial charge in [-0.2, -0.15) is 8.61 Å². The molecule has 0 spiro atoms. The van der Waals surface area contributed by atoms with Gasteiger partial charge in [0.25, 0.3) is 10.0 Å². The van der Waals surface area contributed by atoms with Gasteiger partial charge in [-0.3, -0.25) is 0 Å². The molecular formula is C18H23ClN2O4S3. The quantitative estimate of drug-likeness (QED) is 0.657. The van der Waals surface area contributed by atoms with Crippen LogP contribution in [-0.4, -0.2) is 51.6 Å². The highest BCUT2D eigenvalue weighted by Crippen LogP contribution is 2.29. The van der Waals surface area contributed by atoms with Crippen molar-refractivity contribution in [3.05, 3.63) is 46.3 Å². The van der Waals surface area contributed by atoms with Gasteiger partial charge in [0.1, 0.15) is 4.21 Å². The summed E-state index contributed by atoms with van der Waals surface area (Å²) < 4.78 is 54.4. The van der Waals surface area contributed by atoms with E-state index in [-0.39, 0.29) is 35.3 Å². The highest BCUT2D eigenvalue weighted by molar-refractivity contribution is 7.91. The Hall–Kier alpha value is -0.970. The second-order valence-electron chi connectivity index (χ2n) is 6.75. The average Bonchev–Trinajstić information content (AvgIpc) is 3.14. The summed E-state index contributed by atoms with van der Waals surface area (Å²) in [6, 6.07) is 9.99. The molecule has 0 aliphatic carbocycles. The summed E-state index contributed by atoms with van der Waals surface area (Å²) in [4.78, 5) is 0.237. The molecule has 0 radical (unpaired) electrons. The molecule has 28 heavy (non-hydrogen) atoms. The number of sulfonamides is 2. The first-order chi connectivity index (χ1) is 13.2. The summed E-state index contributed by atoms with van der Waals surface area (Å²) in [7, 11) is -7.29. The highest BCUT2D eigenvalue weighted by Gasteiger charge is 2.34. The van der Waals surface area contributed by atoms with Crippen LogP contribution in [0.1, 0.15) is 31.7 Å². The summed E-state index contributed by atoms with van der Waals surface area (Å²) in [5, 5.41) is 0. The van der Waals surface area contributed by atoms with Crippen molar-refractivity contribution in [1.82, 2.24) is 8.61 Å². The third-order valence-corrected chi connectivity index (χ3v) is 10.5. The van der Waals surface area contributed by atoms with E-state index >= 15 is 0 Å². The molecule has 1 fully saturated rings. The monoisotopic (exact) mass is 462 g/mol. The Bertz CT molecular complexity index is 1030. The van der Waals surface area contributed by atoms with Gasteiger partial charge in [-0.15, -0.1) is 11.3 Å². The van der Waals surface area contributed by atoms with E-state index in [0.717, 1.165) is 23.3 Å². The molecule has 0 N–H and O–H groups in total. The fraction of sp³-hybridized carbons (Fsp3) is 0.444. The summed E-state index contributed by atoms with van der Waals surface area (Å²) >= 11 is 6.84. The minimum absolute atomic E-state index is 0.113. The van der Waals surface area contributed by atoms with E-state index in [2.05, 4.69) is 13.8 Å². The largest absolute Gasteiger partial charge is 0.252 e. The van der Waals surface area contributed by atoms with E-state index in [1.54, 1.807) is 18.2 Å². The average molecular weight is 463 g/mol. The Morgan fingerprint density at radius 1 is 0.929 bits per heavy atom. The van der Waals surface area contributed by atoms with Gasteiger partial charge in [-0.05, 0) is 42.2 Å². The van der Waals surface area contributed by atoms with Crippen LogP contribution < -0.4 is 0 Å². The topological polar surface area (TPSA) is 74.8 Å². The summed E-state index contributed by atoms with van der Waals surface area (Å²) in [6.07, 6.45) is 0.984. The number of benzene rings is 1. The molecule has 0 amide bonds. The Morgan fingerprint density at radius 3 is 1.93 bits per heavy atom. The lowest BCUT2D eigenvalue weighted by Crippen LogP contribution is -2.50. The van der Waals surface area contributed by atoms with Crippen LogP contribution in [0.2, 0.25) is 4.34 Å². The lowest BCUT2D eigenvalue weighted by molar-refractivity contribution is 0.273. The first-order valence-corrected chi connectivity index (χ1v) is 13.1. The molecule has 1 saturated heterocycles. The van der Waals surface area contributed by atoms with Crippen LogP contribution in [0.5, 0.6) is 0 Å². The smallest absolute Gasteiger partial charge is 0.207 e. The van der Waals surface area contributed by atoms with Crippen molar-refractivity contribution < 1.29 is 16.8 Å². The molecule has 0 saturated carbocycles. The van der Waals surface area contributed by atoms with Crippen LogP contribution in [0.3, 0.4) is 0 Å². The molecule has 1 aromatic heterocycles. The predicted octanol–water partition coefficient (Wildman–Crippen LogP) is 3.61. The molecule has 0 bridgehead atoms. The standard InChI is InChI=1S/C18H23ClN2O4S3/c1-3-14(2)15-4-6-16(7-5-15)27(22,23)20-10-12-21(13-11-20)28(24,25)18-9-8-17(19)26-18/h4-9,14H,3,10-13H2,1-2H3. The minimum Gasteiger partial charge on any atom is -0.207 e. The summed E-state index contributed by atoms with van der Waals surface area (Å²) in [6.45, 7) is 4.66. The number of piperazine rings is 1. The van der Waals surface area contributed by atoms with E-state index in [0.29, 0.717) is 10.3 Å². The van der Waals surface area contributed by atoms with Gasteiger partial charge in [0, 0.05) is 26.2 Å². The number of rotatable bonds is 6. The zero-order chi connectivity index (χ0) is 20.5. The van der Waals surface area contributed by atoms with Crippen molar-refractivity contribution in [2.75, 3.05) is 26.2 Å². The molecule has 1 unspecified atom stereocenters. The van der Waals surface area contributed by atoms with Gasteiger partial charge in [0.15, 0.2) is 0 Å². The Morgan fingerprint density at radius 2 is 1.46 bits per heavy atom. The Kier molecular flexibility index (Phi) is 6.53. The van der Waals surface area contributed by atoms with Crippen LogP contribution in [0.15, 0.2) is 45.5 Å². The third kappa shape index (κ3) is 4.29. The Balaban J connectivity index is 1.71. The fourth-order valence-electron chi connectivity index (χ4n) is 3.07. The van der Waals surface area contributed by atoms with Crippen molar-refractivity contribution in [2.24, 2.45) is 0 Å². The van der Waals surface area contributed by atoms with E-state index < -0.39 is 20.0 Å². The first-order valence-electron chi connectivity index (χ1n) is 9.02. The van der Waals surface area contributed by atoms with Gasteiger partial charge in [-0.1, -0.05) is 37.6 Å². The highest BCUT2D eigenvalue weighted by atomic mass is 35.5. The number of hydrogen-bond acceptors (Lipinski definition) is 5. The number of halogens is 1. The molecule has 2 aromatic rings. The number of nitrogens with zero attached hydrogens (tertiary/aromatic N) is 2. The van der Waals surface area contributed by atoms with Gasteiger partial charge >= 0.3 is 0 Å². The normalized spacial score (nSPS) is 18.2. The van der Waals surface area contributed by atoms with Crippen molar-refractivity contribution >= 4 is 43.0 Å². The first kappa shape index (κ1) is 21.7. The van der Waals surface area contributed by atoms with Crippen molar-refractivity contribution in [2.45, 2.75) is 35.3 Å². The van der Waals surface area contributed by atoms with Crippen LogP contribution >= 0.6 is 22.9 Å². The zero-order valence-corrected chi connectivity index (χ0v) is 18.9. The van der Waals surface area contributed by atoms with Crippen molar-refractivity contribution in [3.63, 3.8) is 0 Å².